The monoisotopic (exact) mass is 294 g/mol. The molecule has 0 aliphatic heterocycles. The SMILES string of the molecule is COc1ccc(COCCCCC(C)(C)/C(N)=N/O)cc1. The number of amidine groups is 1. The van der Waals surface area contributed by atoms with Crippen LogP contribution in [0.2, 0.25) is 0 Å². The third kappa shape index (κ3) is 6.04. The van der Waals surface area contributed by atoms with Crippen molar-refractivity contribution in [1.29, 1.82) is 0 Å². The second-order valence-corrected chi connectivity index (χ2v) is 5.73. The van der Waals surface area contributed by atoms with Crippen LogP contribution in [0.25, 0.3) is 0 Å². The molecule has 21 heavy (non-hydrogen) atoms. The Morgan fingerprint density at radius 2 is 1.90 bits per heavy atom. The van der Waals surface area contributed by atoms with Crippen molar-refractivity contribution >= 4 is 5.84 Å². The van der Waals surface area contributed by atoms with Gasteiger partial charge in [-0.2, -0.15) is 0 Å². The van der Waals surface area contributed by atoms with E-state index in [2.05, 4.69) is 5.16 Å². The molecule has 1 rings (SSSR count). The first-order valence-electron chi connectivity index (χ1n) is 7.18. The largest absolute Gasteiger partial charge is 0.497 e. The molecule has 0 bridgehead atoms. The lowest BCUT2D eigenvalue weighted by molar-refractivity contribution is 0.115. The third-order valence-corrected chi connectivity index (χ3v) is 3.57. The van der Waals surface area contributed by atoms with E-state index in [9.17, 15) is 0 Å². The van der Waals surface area contributed by atoms with Crippen LogP contribution < -0.4 is 10.5 Å². The van der Waals surface area contributed by atoms with Gasteiger partial charge in [0, 0.05) is 12.0 Å². The van der Waals surface area contributed by atoms with Gasteiger partial charge in [0.25, 0.3) is 0 Å². The molecule has 0 saturated carbocycles. The van der Waals surface area contributed by atoms with Crippen LogP contribution in [0.5, 0.6) is 5.75 Å². The second kappa shape index (κ2) is 8.52. The lowest BCUT2D eigenvalue weighted by atomic mass is 9.86. The highest BCUT2D eigenvalue weighted by atomic mass is 16.5. The summed E-state index contributed by atoms with van der Waals surface area (Å²) in [6.07, 6.45) is 2.80. The highest BCUT2D eigenvalue weighted by Crippen LogP contribution is 2.23. The number of nitrogens with zero attached hydrogens (tertiary/aromatic N) is 1. The molecule has 0 aliphatic carbocycles. The third-order valence-electron chi connectivity index (χ3n) is 3.57. The zero-order chi connectivity index (χ0) is 15.7. The number of unbranched alkanes of at least 4 members (excludes halogenated alkanes) is 1. The van der Waals surface area contributed by atoms with E-state index in [4.69, 9.17) is 20.4 Å². The van der Waals surface area contributed by atoms with E-state index in [0.717, 1.165) is 30.6 Å². The Balaban J connectivity index is 2.17. The Bertz CT molecular complexity index is 441. The van der Waals surface area contributed by atoms with Crippen LogP contribution in [-0.2, 0) is 11.3 Å². The first-order valence-corrected chi connectivity index (χ1v) is 7.18. The number of ether oxygens (including phenoxy) is 2. The molecule has 3 N–H and O–H groups in total. The zero-order valence-corrected chi connectivity index (χ0v) is 13.1. The molecule has 5 heteroatoms. The zero-order valence-electron chi connectivity index (χ0n) is 13.1. The predicted octanol–water partition coefficient (Wildman–Crippen LogP) is 3.15. The van der Waals surface area contributed by atoms with E-state index in [-0.39, 0.29) is 11.3 Å². The fourth-order valence-corrected chi connectivity index (χ4v) is 1.95. The van der Waals surface area contributed by atoms with Gasteiger partial charge >= 0.3 is 0 Å². The molecule has 0 aromatic heterocycles. The Labute approximate surface area is 126 Å². The van der Waals surface area contributed by atoms with Crippen molar-refractivity contribution in [3.05, 3.63) is 29.8 Å². The number of benzene rings is 1. The Hall–Kier alpha value is -1.75. The summed E-state index contributed by atoms with van der Waals surface area (Å²) < 4.78 is 10.8. The van der Waals surface area contributed by atoms with Crippen molar-refractivity contribution in [1.82, 2.24) is 0 Å². The smallest absolute Gasteiger partial charge is 0.144 e. The van der Waals surface area contributed by atoms with E-state index >= 15 is 0 Å². The summed E-state index contributed by atoms with van der Waals surface area (Å²) in [5.74, 6) is 1.13. The summed E-state index contributed by atoms with van der Waals surface area (Å²) in [6, 6.07) is 7.86. The van der Waals surface area contributed by atoms with E-state index in [1.807, 2.05) is 38.1 Å². The summed E-state index contributed by atoms with van der Waals surface area (Å²) in [7, 11) is 1.65. The van der Waals surface area contributed by atoms with Gasteiger partial charge in [0.05, 0.1) is 13.7 Å². The summed E-state index contributed by atoms with van der Waals surface area (Å²) >= 11 is 0. The molecule has 0 unspecified atom stereocenters. The average Bonchev–Trinajstić information content (AvgIpc) is 2.50. The standard InChI is InChI=1S/C16H26N2O3/c1-16(2,15(17)18-19)10-4-5-11-21-12-13-6-8-14(20-3)9-7-13/h6-9,19H,4-5,10-12H2,1-3H3,(H2,17,18). The fraction of sp³-hybridized carbons (Fsp3) is 0.562. The molecule has 0 atom stereocenters. The molecular formula is C16H26N2O3. The summed E-state index contributed by atoms with van der Waals surface area (Å²) in [5.41, 5.74) is 6.51. The number of nitrogens with two attached hydrogens (primary N) is 1. The number of rotatable bonds is 9. The van der Waals surface area contributed by atoms with E-state index < -0.39 is 0 Å². The molecule has 0 radical (unpaired) electrons. The minimum absolute atomic E-state index is 0.273. The molecule has 118 valence electrons. The molecule has 0 fully saturated rings. The van der Waals surface area contributed by atoms with Crippen LogP contribution in [0.4, 0.5) is 0 Å². The van der Waals surface area contributed by atoms with Crippen molar-refractivity contribution < 1.29 is 14.7 Å². The lowest BCUT2D eigenvalue weighted by Gasteiger charge is -2.22. The minimum atomic E-state index is -0.273. The van der Waals surface area contributed by atoms with Crippen LogP contribution in [0.1, 0.15) is 38.7 Å². The van der Waals surface area contributed by atoms with Crippen LogP contribution in [0.15, 0.2) is 29.4 Å². The first-order chi connectivity index (χ1) is 9.99. The summed E-state index contributed by atoms with van der Waals surface area (Å²) in [4.78, 5) is 0. The van der Waals surface area contributed by atoms with Gasteiger partial charge in [0.2, 0.25) is 0 Å². The van der Waals surface area contributed by atoms with Gasteiger partial charge in [-0.1, -0.05) is 37.6 Å². The Kier molecular flexibility index (Phi) is 7.02. The van der Waals surface area contributed by atoms with E-state index in [1.54, 1.807) is 7.11 Å². The van der Waals surface area contributed by atoms with Gasteiger partial charge in [0.15, 0.2) is 0 Å². The minimum Gasteiger partial charge on any atom is -0.497 e. The number of oxime groups is 1. The fourth-order valence-electron chi connectivity index (χ4n) is 1.95. The van der Waals surface area contributed by atoms with Crippen molar-refractivity contribution in [2.45, 2.75) is 39.7 Å². The van der Waals surface area contributed by atoms with Crippen molar-refractivity contribution in [2.24, 2.45) is 16.3 Å². The van der Waals surface area contributed by atoms with Gasteiger partial charge in [0.1, 0.15) is 11.6 Å². The van der Waals surface area contributed by atoms with Gasteiger partial charge in [-0.3, -0.25) is 0 Å². The molecule has 1 aromatic carbocycles. The predicted molar refractivity (Wildman–Crippen MR) is 83.7 cm³/mol. The molecule has 0 spiro atoms. The number of hydrogen-bond acceptors (Lipinski definition) is 4. The highest BCUT2D eigenvalue weighted by molar-refractivity contribution is 5.85. The van der Waals surface area contributed by atoms with Gasteiger partial charge in [-0.25, -0.2) is 0 Å². The van der Waals surface area contributed by atoms with E-state index in [0.29, 0.717) is 13.2 Å². The maximum Gasteiger partial charge on any atom is 0.144 e. The topological polar surface area (TPSA) is 77.1 Å². The normalized spacial score (nSPS) is 12.4. The molecule has 0 amide bonds. The Morgan fingerprint density at radius 1 is 1.24 bits per heavy atom. The number of methoxy groups -OCH3 is 1. The van der Waals surface area contributed by atoms with Crippen molar-refractivity contribution in [3.63, 3.8) is 0 Å². The van der Waals surface area contributed by atoms with Gasteiger partial charge in [-0.15, -0.1) is 0 Å². The van der Waals surface area contributed by atoms with Crippen LogP contribution in [-0.4, -0.2) is 24.8 Å². The van der Waals surface area contributed by atoms with Crippen molar-refractivity contribution in [2.75, 3.05) is 13.7 Å². The van der Waals surface area contributed by atoms with Crippen LogP contribution in [0.3, 0.4) is 0 Å². The maximum absolute atomic E-state index is 8.70. The quantitative estimate of drug-likeness (QED) is 0.241. The maximum atomic E-state index is 8.70. The highest BCUT2D eigenvalue weighted by Gasteiger charge is 2.22. The molecule has 0 aliphatic rings. The average molecular weight is 294 g/mol. The summed E-state index contributed by atoms with van der Waals surface area (Å²) in [5, 5.41) is 11.8. The Morgan fingerprint density at radius 3 is 2.48 bits per heavy atom. The van der Waals surface area contributed by atoms with E-state index in [1.165, 1.54) is 0 Å². The van der Waals surface area contributed by atoms with Gasteiger partial charge < -0.3 is 20.4 Å². The summed E-state index contributed by atoms with van der Waals surface area (Å²) in [6.45, 7) is 5.26. The second-order valence-electron chi connectivity index (χ2n) is 5.73. The molecule has 0 heterocycles. The molecule has 5 nitrogen and oxygen atoms in total. The van der Waals surface area contributed by atoms with Crippen LogP contribution in [0, 0.1) is 5.41 Å². The molecule has 0 saturated heterocycles. The van der Waals surface area contributed by atoms with Gasteiger partial charge in [-0.05, 0) is 30.5 Å². The molecular weight excluding hydrogens is 268 g/mol. The van der Waals surface area contributed by atoms with Crippen molar-refractivity contribution in [3.8, 4) is 5.75 Å². The number of hydrogen-bond donors (Lipinski definition) is 2. The lowest BCUT2D eigenvalue weighted by Crippen LogP contribution is -2.31. The first kappa shape index (κ1) is 17.3. The van der Waals surface area contributed by atoms with Crippen LogP contribution >= 0.6 is 0 Å². The molecule has 1 aromatic rings.